The van der Waals surface area contributed by atoms with Crippen LogP contribution in [0.3, 0.4) is 0 Å². The van der Waals surface area contributed by atoms with Crippen LogP contribution in [0, 0.1) is 10.1 Å². The fourth-order valence-electron chi connectivity index (χ4n) is 2.72. The molecule has 1 unspecified atom stereocenters. The molecule has 8 heteroatoms. The van der Waals surface area contributed by atoms with E-state index in [1.165, 1.54) is 12.1 Å². The van der Waals surface area contributed by atoms with Gasteiger partial charge >= 0.3 is 0 Å². The van der Waals surface area contributed by atoms with E-state index in [-0.39, 0.29) is 18.4 Å². The lowest BCUT2D eigenvalue weighted by Crippen LogP contribution is -2.25. The van der Waals surface area contributed by atoms with Gasteiger partial charge in [0.2, 0.25) is 0 Å². The molecule has 0 N–H and O–H groups in total. The van der Waals surface area contributed by atoms with Crippen molar-refractivity contribution in [3.8, 4) is 5.75 Å². The molecular weight excluding hydrogens is 368 g/mol. The largest absolute Gasteiger partial charge is 0.489 e. The Morgan fingerprint density at radius 1 is 1.30 bits per heavy atom. The second-order valence-electron chi connectivity index (χ2n) is 5.99. The zero-order chi connectivity index (χ0) is 19.2. The van der Waals surface area contributed by atoms with Crippen LogP contribution in [0.25, 0.3) is 0 Å². The number of thiocarbonyl (C=S) groups is 1. The third-order valence-corrected chi connectivity index (χ3v) is 4.37. The van der Waals surface area contributed by atoms with Gasteiger partial charge in [-0.3, -0.25) is 15.0 Å². The first-order chi connectivity index (χ1) is 13.1. The molecule has 1 saturated heterocycles. The lowest BCUT2D eigenvalue weighted by molar-refractivity contribution is -0.384. The lowest BCUT2D eigenvalue weighted by Gasteiger charge is -2.15. The molecule has 0 radical (unpaired) electrons. The topological polar surface area (TPSA) is 74.1 Å². The summed E-state index contributed by atoms with van der Waals surface area (Å²) in [5.74, 6) is 0.669. The van der Waals surface area contributed by atoms with Crippen LogP contribution in [0.1, 0.15) is 12.5 Å². The first-order valence-electron chi connectivity index (χ1n) is 8.59. The Labute approximate surface area is 162 Å². The predicted molar refractivity (Wildman–Crippen MR) is 105 cm³/mol. The van der Waals surface area contributed by atoms with E-state index in [0.29, 0.717) is 30.7 Å². The third-order valence-electron chi connectivity index (χ3n) is 4.06. The molecule has 1 heterocycles. The zero-order valence-corrected chi connectivity index (χ0v) is 15.7. The van der Waals surface area contributed by atoms with E-state index in [2.05, 4.69) is 0 Å². The molecule has 7 nitrogen and oxygen atoms in total. The molecule has 0 bridgehead atoms. The van der Waals surface area contributed by atoms with Crippen LogP contribution in [-0.4, -0.2) is 36.0 Å². The molecule has 142 valence electrons. The van der Waals surface area contributed by atoms with E-state index in [9.17, 15) is 10.1 Å². The van der Waals surface area contributed by atoms with Gasteiger partial charge in [-0.15, -0.1) is 0 Å². The van der Waals surface area contributed by atoms with Gasteiger partial charge in [0, 0.05) is 24.4 Å². The van der Waals surface area contributed by atoms with E-state index in [1.54, 1.807) is 12.1 Å². The van der Waals surface area contributed by atoms with Crippen LogP contribution in [0.5, 0.6) is 5.75 Å². The zero-order valence-electron chi connectivity index (χ0n) is 14.9. The highest BCUT2D eigenvalue weighted by atomic mass is 32.1. The Hall–Kier alpha value is -2.71. The van der Waals surface area contributed by atoms with E-state index >= 15 is 0 Å². The summed E-state index contributed by atoms with van der Waals surface area (Å²) >= 11 is 5.29. The van der Waals surface area contributed by atoms with Gasteiger partial charge in [0.15, 0.2) is 0 Å². The molecule has 0 aliphatic carbocycles. The highest BCUT2D eigenvalue weighted by molar-refractivity contribution is 7.80. The lowest BCUT2D eigenvalue weighted by atomic mass is 10.2. The quantitative estimate of drug-likeness (QED) is 0.388. The fraction of sp³-hybridized carbons (Fsp3) is 0.316. The molecule has 1 aliphatic rings. The molecule has 0 aromatic heterocycles. The molecule has 1 fully saturated rings. The first-order valence-corrected chi connectivity index (χ1v) is 8.99. The Bertz CT molecular complexity index is 812. The monoisotopic (exact) mass is 388 g/mol. The highest BCUT2D eigenvalue weighted by Crippen LogP contribution is 2.25. The number of benzene rings is 2. The molecule has 2 aromatic rings. The minimum Gasteiger partial charge on any atom is -0.489 e. The van der Waals surface area contributed by atoms with Gasteiger partial charge < -0.3 is 14.2 Å². The Kier molecular flexibility index (Phi) is 6.20. The molecule has 2 aromatic carbocycles. The third kappa shape index (κ3) is 4.93. The molecular formula is C19H20N2O5S. The Morgan fingerprint density at radius 2 is 2.07 bits per heavy atom. The minimum absolute atomic E-state index is 0.0515. The highest BCUT2D eigenvalue weighted by Gasteiger charge is 2.29. The Balaban J connectivity index is 1.58. The number of hydrogen-bond donors (Lipinski definition) is 0. The summed E-state index contributed by atoms with van der Waals surface area (Å²) in [5, 5.41) is 11.3. The second-order valence-corrected chi connectivity index (χ2v) is 6.33. The maximum Gasteiger partial charge on any atom is 0.269 e. The number of non-ortho nitro benzene ring substituents is 1. The van der Waals surface area contributed by atoms with Gasteiger partial charge in [-0.1, -0.05) is 12.1 Å². The number of nitro groups is 1. The van der Waals surface area contributed by atoms with Gasteiger partial charge in [0.25, 0.3) is 10.9 Å². The van der Waals surface area contributed by atoms with Crippen molar-refractivity contribution in [3.63, 3.8) is 0 Å². The van der Waals surface area contributed by atoms with Gasteiger partial charge in [0.05, 0.1) is 18.1 Å². The first kappa shape index (κ1) is 19.1. The maximum atomic E-state index is 10.8. The molecule has 0 spiro atoms. The molecule has 0 amide bonds. The molecule has 27 heavy (non-hydrogen) atoms. The number of nitrogens with zero attached hydrogens (tertiary/aromatic N) is 2. The van der Waals surface area contributed by atoms with E-state index in [4.69, 9.17) is 26.4 Å². The Morgan fingerprint density at radius 3 is 2.78 bits per heavy atom. The van der Waals surface area contributed by atoms with Crippen LogP contribution in [-0.2, 0) is 16.1 Å². The van der Waals surface area contributed by atoms with Crippen molar-refractivity contribution in [1.82, 2.24) is 0 Å². The number of ether oxygens (including phenoxy) is 3. The van der Waals surface area contributed by atoms with E-state index < -0.39 is 4.92 Å². The summed E-state index contributed by atoms with van der Waals surface area (Å²) in [6, 6.07) is 13.9. The number of nitro benzene ring substituents is 1. The smallest absolute Gasteiger partial charge is 0.269 e. The molecule has 1 aliphatic heterocycles. The van der Waals surface area contributed by atoms with Crippen molar-refractivity contribution < 1.29 is 19.1 Å². The summed E-state index contributed by atoms with van der Waals surface area (Å²) in [6.07, 6.45) is -0.0674. The van der Waals surface area contributed by atoms with Gasteiger partial charge in [-0.2, -0.15) is 0 Å². The van der Waals surface area contributed by atoms with Crippen LogP contribution < -0.4 is 9.64 Å². The van der Waals surface area contributed by atoms with Crippen LogP contribution in [0.15, 0.2) is 48.5 Å². The van der Waals surface area contributed by atoms with E-state index in [1.807, 2.05) is 36.1 Å². The van der Waals surface area contributed by atoms with Gasteiger partial charge in [-0.25, -0.2) is 0 Å². The van der Waals surface area contributed by atoms with E-state index in [0.717, 1.165) is 11.3 Å². The van der Waals surface area contributed by atoms with Crippen LogP contribution in [0.2, 0.25) is 0 Å². The number of hydrogen-bond acceptors (Lipinski definition) is 6. The summed E-state index contributed by atoms with van der Waals surface area (Å²) in [7, 11) is 0. The van der Waals surface area contributed by atoms with Crippen molar-refractivity contribution >= 4 is 28.8 Å². The average molecular weight is 388 g/mol. The van der Waals surface area contributed by atoms with Gasteiger partial charge in [-0.05, 0) is 49.0 Å². The predicted octanol–water partition coefficient (Wildman–Crippen LogP) is 3.70. The van der Waals surface area contributed by atoms with Crippen molar-refractivity contribution in [1.29, 1.82) is 0 Å². The number of anilines is 1. The SMILES string of the molecule is CCOCC1CN(c2ccc(OCc3cccc([N+](=O)[O-])c3)cc2)C(=S)O1. The summed E-state index contributed by atoms with van der Waals surface area (Å²) < 4.78 is 16.8. The summed E-state index contributed by atoms with van der Waals surface area (Å²) in [6.45, 7) is 3.99. The van der Waals surface area contributed by atoms with Gasteiger partial charge in [0.1, 0.15) is 18.5 Å². The normalized spacial score (nSPS) is 16.3. The van der Waals surface area contributed by atoms with Crippen molar-refractivity contribution in [2.45, 2.75) is 19.6 Å². The minimum atomic E-state index is -0.419. The van der Waals surface area contributed by atoms with Crippen molar-refractivity contribution in [2.75, 3.05) is 24.7 Å². The van der Waals surface area contributed by atoms with Crippen molar-refractivity contribution in [3.05, 3.63) is 64.2 Å². The number of rotatable bonds is 8. The van der Waals surface area contributed by atoms with Crippen LogP contribution >= 0.6 is 12.2 Å². The fourth-order valence-corrected chi connectivity index (χ4v) is 3.03. The average Bonchev–Trinajstić information content (AvgIpc) is 3.06. The standard InChI is InChI=1S/C19H20N2O5S/c1-2-24-13-18-11-20(19(27)26-18)15-6-8-17(9-7-15)25-12-14-4-3-5-16(10-14)21(22)23/h3-10,18H,2,11-13H2,1H3. The summed E-state index contributed by atoms with van der Waals surface area (Å²) in [4.78, 5) is 12.3. The molecule has 1 atom stereocenters. The summed E-state index contributed by atoms with van der Waals surface area (Å²) in [5.41, 5.74) is 1.71. The van der Waals surface area contributed by atoms with Crippen molar-refractivity contribution in [2.24, 2.45) is 0 Å². The molecule has 0 saturated carbocycles. The maximum absolute atomic E-state index is 10.8. The van der Waals surface area contributed by atoms with Crippen LogP contribution in [0.4, 0.5) is 11.4 Å². The molecule has 3 rings (SSSR count). The second kappa shape index (κ2) is 8.79.